The maximum Gasteiger partial charge on any atom is 0.338 e. The van der Waals surface area contributed by atoms with Crippen LogP contribution in [0.5, 0.6) is 0 Å². The Kier molecular flexibility index (Phi) is 11.6. The number of ether oxygens (including phenoxy) is 1. The van der Waals surface area contributed by atoms with Crippen molar-refractivity contribution in [2.75, 3.05) is 17.2 Å². The van der Waals surface area contributed by atoms with Crippen molar-refractivity contribution in [1.82, 2.24) is 19.9 Å². The SMILES string of the molecule is C.C.CCOC(=O)c1cc(NC(=O)c2c[nH]c3ccccc3c2=O)cc2[nH]ccc12.O=C(Nc1cc(C(=O)O)c2cc[nH]c2c1)c1c[nH]c2ccccc2c1=O. The highest BCUT2D eigenvalue weighted by Gasteiger charge is 2.19. The first-order chi connectivity index (χ1) is 26.1. The molecule has 8 rings (SSSR count). The van der Waals surface area contributed by atoms with Crippen LogP contribution < -0.4 is 21.5 Å². The number of para-hydroxylation sites is 2. The molecule has 0 saturated carbocycles. The third kappa shape index (κ3) is 7.66. The second-order valence-electron chi connectivity index (χ2n) is 12.0. The summed E-state index contributed by atoms with van der Waals surface area (Å²) in [6.07, 6.45) is 6.06. The van der Waals surface area contributed by atoms with Gasteiger partial charge in [-0.25, -0.2) is 9.59 Å². The number of rotatable bonds is 7. The van der Waals surface area contributed by atoms with Crippen molar-refractivity contribution in [2.45, 2.75) is 21.8 Å². The Hall–Kier alpha value is -7.74. The highest BCUT2D eigenvalue weighted by molar-refractivity contribution is 6.11. The molecule has 4 aromatic carbocycles. The number of pyridine rings is 2. The van der Waals surface area contributed by atoms with Gasteiger partial charge in [0, 0.05) is 79.8 Å². The molecule has 0 saturated heterocycles. The number of aromatic carboxylic acids is 1. The van der Waals surface area contributed by atoms with Gasteiger partial charge in [-0.2, -0.15) is 0 Å². The van der Waals surface area contributed by atoms with Crippen molar-refractivity contribution in [2.24, 2.45) is 0 Å². The van der Waals surface area contributed by atoms with Crippen molar-refractivity contribution in [3.8, 4) is 0 Å². The number of carbonyl (C=O) groups is 4. The van der Waals surface area contributed by atoms with E-state index >= 15 is 0 Å². The number of benzene rings is 4. The summed E-state index contributed by atoms with van der Waals surface area (Å²) in [6, 6.07) is 23.5. The number of aromatic nitrogens is 4. The van der Waals surface area contributed by atoms with E-state index < -0.39 is 29.2 Å². The Labute approximate surface area is 318 Å². The number of nitrogens with one attached hydrogen (secondary N) is 6. The summed E-state index contributed by atoms with van der Waals surface area (Å²) in [5, 5.41) is 16.7. The van der Waals surface area contributed by atoms with Crippen molar-refractivity contribution < 1.29 is 29.0 Å². The van der Waals surface area contributed by atoms with E-state index in [0.29, 0.717) is 54.9 Å². The number of carbonyl (C=O) groups excluding carboxylic acids is 3. The molecule has 4 aromatic heterocycles. The van der Waals surface area contributed by atoms with E-state index in [9.17, 15) is 33.9 Å². The number of fused-ring (bicyclic) bond motifs is 4. The van der Waals surface area contributed by atoms with Gasteiger partial charge in [0.15, 0.2) is 0 Å². The molecule has 2 amide bonds. The maximum absolute atomic E-state index is 12.7. The van der Waals surface area contributed by atoms with Crippen LogP contribution in [0.1, 0.15) is 63.2 Å². The zero-order valence-corrected chi connectivity index (χ0v) is 28.4. The monoisotopic (exact) mass is 754 g/mol. The Morgan fingerprint density at radius 3 is 1.48 bits per heavy atom. The van der Waals surface area contributed by atoms with Crippen LogP contribution in [0, 0.1) is 0 Å². The van der Waals surface area contributed by atoms with E-state index in [-0.39, 0.29) is 49.3 Å². The molecule has 0 aliphatic carbocycles. The summed E-state index contributed by atoms with van der Waals surface area (Å²) >= 11 is 0. The van der Waals surface area contributed by atoms with Crippen LogP contribution in [0.25, 0.3) is 43.6 Å². The highest BCUT2D eigenvalue weighted by Crippen LogP contribution is 2.25. The molecule has 0 spiro atoms. The standard InChI is InChI=1S/C21H17N3O4.C19H13N3O4.2CH4/c1-2-28-21(27)15-9-12(10-18-13(15)7-8-22-18)24-20(26)16-11-23-17-6-4-3-5-14(17)19(16)25;23-17-12-3-1-2-4-15(12)21-9-14(17)18(24)22-10-7-13(19(25)26)11-5-6-20-16(11)8-10;;/h3-11,22H,2H2,1H3,(H,23,25)(H,24,26);1-9,20H,(H,21,23)(H,22,24)(H,25,26);2*1H4. The molecular weight excluding hydrogens is 716 g/mol. The van der Waals surface area contributed by atoms with Gasteiger partial charge in [0.2, 0.25) is 10.9 Å². The predicted octanol–water partition coefficient (Wildman–Crippen LogP) is 7.67. The summed E-state index contributed by atoms with van der Waals surface area (Å²) in [6.45, 7) is 1.97. The topological polar surface area (TPSA) is 219 Å². The summed E-state index contributed by atoms with van der Waals surface area (Å²) in [5.74, 6) is -2.76. The molecular formula is C42H38N6O8. The third-order valence-corrected chi connectivity index (χ3v) is 8.65. The van der Waals surface area contributed by atoms with E-state index in [1.165, 1.54) is 18.5 Å². The molecule has 4 heterocycles. The van der Waals surface area contributed by atoms with E-state index in [1.807, 2.05) is 0 Å². The molecule has 0 aliphatic heterocycles. The average Bonchev–Trinajstić information content (AvgIpc) is 3.85. The lowest BCUT2D eigenvalue weighted by Crippen LogP contribution is -2.22. The maximum atomic E-state index is 12.7. The summed E-state index contributed by atoms with van der Waals surface area (Å²) in [5.41, 5.74) is 2.79. The smallest absolute Gasteiger partial charge is 0.338 e. The predicted molar refractivity (Wildman–Crippen MR) is 218 cm³/mol. The van der Waals surface area contributed by atoms with E-state index in [0.717, 1.165) is 0 Å². The van der Waals surface area contributed by atoms with Gasteiger partial charge in [-0.05, 0) is 67.6 Å². The van der Waals surface area contributed by atoms with Gasteiger partial charge < -0.3 is 40.4 Å². The van der Waals surface area contributed by atoms with Crippen LogP contribution in [0.3, 0.4) is 0 Å². The number of hydrogen-bond acceptors (Lipinski definition) is 7. The van der Waals surface area contributed by atoms with Crippen LogP contribution in [0.15, 0.2) is 119 Å². The lowest BCUT2D eigenvalue weighted by molar-refractivity contribution is 0.0527. The Morgan fingerprint density at radius 1 is 0.571 bits per heavy atom. The zero-order chi connectivity index (χ0) is 37.9. The van der Waals surface area contributed by atoms with Crippen LogP contribution >= 0.6 is 0 Å². The van der Waals surface area contributed by atoms with Crippen molar-refractivity contribution in [3.05, 3.63) is 152 Å². The molecule has 0 unspecified atom stereocenters. The molecule has 8 aromatic rings. The molecule has 0 atom stereocenters. The second kappa shape index (κ2) is 16.5. The summed E-state index contributed by atoms with van der Waals surface area (Å²) in [7, 11) is 0. The van der Waals surface area contributed by atoms with Crippen molar-refractivity contribution in [1.29, 1.82) is 0 Å². The molecule has 284 valence electrons. The van der Waals surface area contributed by atoms with Crippen LogP contribution in [0.2, 0.25) is 0 Å². The Morgan fingerprint density at radius 2 is 1.02 bits per heavy atom. The van der Waals surface area contributed by atoms with Crippen molar-refractivity contribution in [3.63, 3.8) is 0 Å². The fraction of sp³-hybridized carbons (Fsp3) is 0.0952. The number of anilines is 2. The number of esters is 1. The normalized spacial score (nSPS) is 10.5. The molecule has 0 aliphatic rings. The van der Waals surface area contributed by atoms with E-state index in [1.54, 1.807) is 98.2 Å². The first-order valence-corrected chi connectivity index (χ1v) is 16.6. The molecule has 0 fully saturated rings. The third-order valence-electron chi connectivity index (χ3n) is 8.65. The van der Waals surface area contributed by atoms with Gasteiger partial charge in [0.05, 0.1) is 17.7 Å². The lowest BCUT2D eigenvalue weighted by Gasteiger charge is -2.09. The van der Waals surface area contributed by atoms with Gasteiger partial charge in [0.1, 0.15) is 11.1 Å². The molecule has 0 bridgehead atoms. The molecule has 56 heavy (non-hydrogen) atoms. The first-order valence-electron chi connectivity index (χ1n) is 16.6. The zero-order valence-electron chi connectivity index (χ0n) is 28.4. The van der Waals surface area contributed by atoms with Gasteiger partial charge in [0.25, 0.3) is 11.8 Å². The molecule has 0 radical (unpaired) electrons. The fourth-order valence-corrected chi connectivity index (χ4v) is 6.10. The number of amides is 2. The quantitative estimate of drug-likeness (QED) is 0.0799. The Bertz CT molecular complexity index is 2900. The van der Waals surface area contributed by atoms with Gasteiger partial charge in [-0.3, -0.25) is 19.2 Å². The Balaban J connectivity index is 0.000000207. The molecule has 14 nitrogen and oxygen atoms in total. The number of carboxylic acid groups (broad SMARTS) is 1. The minimum absolute atomic E-state index is 0. The van der Waals surface area contributed by atoms with Crippen LogP contribution in [-0.4, -0.2) is 55.4 Å². The van der Waals surface area contributed by atoms with E-state index in [4.69, 9.17) is 4.74 Å². The fourth-order valence-electron chi connectivity index (χ4n) is 6.10. The average molecular weight is 755 g/mol. The lowest BCUT2D eigenvalue weighted by atomic mass is 10.1. The number of carboxylic acids is 1. The van der Waals surface area contributed by atoms with Crippen LogP contribution in [-0.2, 0) is 4.74 Å². The molecule has 7 N–H and O–H groups in total. The van der Waals surface area contributed by atoms with E-state index in [2.05, 4.69) is 30.6 Å². The number of H-pyrrole nitrogens is 4. The number of aromatic amines is 4. The van der Waals surface area contributed by atoms with Gasteiger partial charge in [-0.15, -0.1) is 0 Å². The first kappa shape index (κ1) is 39.5. The van der Waals surface area contributed by atoms with Gasteiger partial charge in [-0.1, -0.05) is 39.1 Å². The minimum Gasteiger partial charge on any atom is -0.478 e. The van der Waals surface area contributed by atoms with Crippen molar-refractivity contribution >= 4 is 78.7 Å². The van der Waals surface area contributed by atoms with Crippen LogP contribution in [0.4, 0.5) is 11.4 Å². The minimum atomic E-state index is -1.10. The van der Waals surface area contributed by atoms with Gasteiger partial charge >= 0.3 is 11.9 Å². The highest BCUT2D eigenvalue weighted by atomic mass is 16.5. The summed E-state index contributed by atoms with van der Waals surface area (Å²) < 4.78 is 5.10. The summed E-state index contributed by atoms with van der Waals surface area (Å²) in [4.78, 5) is 85.9. The molecule has 14 heteroatoms. The largest absolute Gasteiger partial charge is 0.478 e. The number of hydrogen-bond donors (Lipinski definition) is 7. The second-order valence-corrected chi connectivity index (χ2v) is 12.0.